The van der Waals surface area contributed by atoms with Crippen molar-refractivity contribution in [2.24, 2.45) is 0 Å². The minimum atomic E-state index is -0.446. The molecule has 0 amide bonds. The summed E-state index contributed by atoms with van der Waals surface area (Å²) < 4.78 is 5.30. The van der Waals surface area contributed by atoms with Gasteiger partial charge in [0, 0.05) is 5.69 Å². The van der Waals surface area contributed by atoms with Gasteiger partial charge in [0.25, 0.3) is 0 Å². The number of aliphatic hydroxyl groups is 1. The van der Waals surface area contributed by atoms with Crippen LogP contribution in [0.3, 0.4) is 0 Å². The van der Waals surface area contributed by atoms with E-state index in [-0.39, 0.29) is 0 Å². The molecule has 1 rings (SSSR count). The molecule has 1 atom stereocenters. The molecule has 0 fully saturated rings. The molecule has 0 saturated carbocycles. The number of benzene rings is 1. The summed E-state index contributed by atoms with van der Waals surface area (Å²) in [6, 6.07) is 5.45. The molecule has 0 aromatic heterocycles. The maximum Gasteiger partial charge on any atom is 0.119 e. The van der Waals surface area contributed by atoms with E-state index in [1.165, 1.54) is 0 Å². The molecule has 1 aromatic carbocycles. The predicted molar refractivity (Wildman–Crippen MR) is 52.8 cm³/mol. The van der Waals surface area contributed by atoms with E-state index in [1.807, 2.05) is 13.0 Å². The van der Waals surface area contributed by atoms with Gasteiger partial charge in [0.2, 0.25) is 0 Å². The van der Waals surface area contributed by atoms with Crippen LogP contribution in [0.2, 0.25) is 0 Å². The van der Waals surface area contributed by atoms with E-state index in [2.05, 4.69) is 0 Å². The standard InChI is InChI=1S/C10H15NO2/c1-7-5-9(3-4-10(7)11)13-6-8(2)12/h3-5,8,12H,6,11H2,1-2H3. The van der Waals surface area contributed by atoms with Gasteiger partial charge in [0.05, 0.1) is 6.10 Å². The maximum absolute atomic E-state index is 8.99. The second-order valence-electron chi connectivity index (χ2n) is 3.18. The average Bonchev–Trinajstić information content (AvgIpc) is 2.07. The van der Waals surface area contributed by atoms with Gasteiger partial charge in [-0.3, -0.25) is 0 Å². The minimum absolute atomic E-state index is 0.309. The summed E-state index contributed by atoms with van der Waals surface area (Å²) in [5.41, 5.74) is 7.38. The lowest BCUT2D eigenvalue weighted by atomic mass is 10.2. The summed E-state index contributed by atoms with van der Waals surface area (Å²) in [4.78, 5) is 0. The van der Waals surface area contributed by atoms with Crippen molar-refractivity contribution < 1.29 is 9.84 Å². The third-order valence-corrected chi connectivity index (χ3v) is 1.73. The lowest BCUT2D eigenvalue weighted by Crippen LogP contribution is -2.12. The van der Waals surface area contributed by atoms with Crippen LogP contribution < -0.4 is 10.5 Å². The smallest absolute Gasteiger partial charge is 0.119 e. The quantitative estimate of drug-likeness (QED) is 0.692. The molecule has 0 spiro atoms. The van der Waals surface area contributed by atoms with Crippen molar-refractivity contribution >= 4 is 5.69 Å². The van der Waals surface area contributed by atoms with E-state index in [0.717, 1.165) is 17.0 Å². The van der Waals surface area contributed by atoms with Crippen molar-refractivity contribution in [1.82, 2.24) is 0 Å². The van der Waals surface area contributed by atoms with E-state index in [4.69, 9.17) is 15.6 Å². The highest BCUT2D eigenvalue weighted by atomic mass is 16.5. The Labute approximate surface area is 78.1 Å². The van der Waals surface area contributed by atoms with Crippen LogP contribution in [0.4, 0.5) is 5.69 Å². The van der Waals surface area contributed by atoms with Gasteiger partial charge in [0.1, 0.15) is 12.4 Å². The van der Waals surface area contributed by atoms with Crippen LogP contribution in [0, 0.1) is 6.92 Å². The van der Waals surface area contributed by atoms with Gasteiger partial charge >= 0.3 is 0 Å². The van der Waals surface area contributed by atoms with E-state index in [9.17, 15) is 0 Å². The molecular weight excluding hydrogens is 166 g/mol. The van der Waals surface area contributed by atoms with E-state index >= 15 is 0 Å². The van der Waals surface area contributed by atoms with Gasteiger partial charge in [-0.2, -0.15) is 0 Å². The Kier molecular flexibility index (Phi) is 3.14. The average molecular weight is 181 g/mol. The predicted octanol–water partition coefficient (Wildman–Crippen LogP) is 1.34. The molecule has 0 aliphatic carbocycles. The van der Waals surface area contributed by atoms with E-state index < -0.39 is 6.10 Å². The zero-order chi connectivity index (χ0) is 9.84. The first-order valence-electron chi connectivity index (χ1n) is 4.26. The fourth-order valence-electron chi connectivity index (χ4n) is 0.955. The van der Waals surface area contributed by atoms with Crippen molar-refractivity contribution in [3.05, 3.63) is 23.8 Å². The Morgan fingerprint density at radius 3 is 2.77 bits per heavy atom. The molecule has 1 aromatic rings. The third-order valence-electron chi connectivity index (χ3n) is 1.73. The van der Waals surface area contributed by atoms with E-state index in [0.29, 0.717) is 6.61 Å². The van der Waals surface area contributed by atoms with Crippen LogP contribution in [0.25, 0.3) is 0 Å². The Morgan fingerprint density at radius 1 is 1.54 bits per heavy atom. The number of anilines is 1. The van der Waals surface area contributed by atoms with Gasteiger partial charge in [-0.25, -0.2) is 0 Å². The van der Waals surface area contributed by atoms with Crippen molar-refractivity contribution in [3.8, 4) is 5.75 Å². The monoisotopic (exact) mass is 181 g/mol. The second-order valence-corrected chi connectivity index (χ2v) is 3.18. The van der Waals surface area contributed by atoms with Gasteiger partial charge < -0.3 is 15.6 Å². The summed E-state index contributed by atoms with van der Waals surface area (Å²) >= 11 is 0. The summed E-state index contributed by atoms with van der Waals surface area (Å²) in [5.74, 6) is 0.743. The molecule has 72 valence electrons. The summed E-state index contributed by atoms with van der Waals surface area (Å²) in [6.45, 7) is 3.91. The molecule has 0 bridgehead atoms. The van der Waals surface area contributed by atoms with Gasteiger partial charge in [-0.1, -0.05) is 0 Å². The molecule has 13 heavy (non-hydrogen) atoms. The fraction of sp³-hybridized carbons (Fsp3) is 0.400. The Hall–Kier alpha value is -1.22. The van der Waals surface area contributed by atoms with Crippen LogP contribution in [-0.2, 0) is 0 Å². The highest BCUT2D eigenvalue weighted by Gasteiger charge is 1.99. The highest BCUT2D eigenvalue weighted by molar-refractivity contribution is 5.49. The molecule has 0 aliphatic rings. The first kappa shape index (κ1) is 9.86. The summed E-state index contributed by atoms with van der Waals surface area (Å²) in [6.07, 6.45) is -0.446. The first-order valence-corrected chi connectivity index (χ1v) is 4.26. The largest absolute Gasteiger partial charge is 0.491 e. The second kappa shape index (κ2) is 4.14. The summed E-state index contributed by atoms with van der Waals surface area (Å²) in [5, 5.41) is 8.99. The molecule has 1 unspecified atom stereocenters. The molecule has 3 nitrogen and oxygen atoms in total. The topological polar surface area (TPSA) is 55.5 Å². The van der Waals surface area contributed by atoms with Crippen LogP contribution in [0.15, 0.2) is 18.2 Å². The minimum Gasteiger partial charge on any atom is -0.491 e. The molecule has 0 radical (unpaired) electrons. The molecule has 0 saturated heterocycles. The lowest BCUT2D eigenvalue weighted by Gasteiger charge is -2.09. The van der Waals surface area contributed by atoms with Crippen LogP contribution in [0.1, 0.15) is 12.5 Å². The van der Waals surface area contributed by atoms with E-state index in [1.54, 1.807) is 19.1 Å². The number of nitrogens with two attached hydrogens (primary N) is 1. The van der Waals surface area contributed by atoms with Crippen molar-refractivity contribution in [1.29, 1.82) is 0 Å². The van der Waals surface area contributed by atoms with Gasteiger partial charge in [0.15, 0.2) is 0 Å². The number of aliphatic hydroxyl groups excluding tert-OH is 1. The van der Waals surface area contributed by atoms with Gasteiger partial charge in [-0.05, 0) is 37.6 Å². The van der Waals surface area contributed by atoms with Crippen molar-refractivity contribution in [2.75, 3.05) is 12.3 Å². The lowest BCUT2D eigenvalue weighted by molar-refractivity contribution is 0.122. The van der Waals surface area contributed by atoms with Crippen molar-refractivity contribution in [3.63, 3.8) is 0 Å². The number of ether oxygens (including phenoxy) is 1. The Morgan fingerprint density at radius 2 is 2.23 bits per heavy atom. The van der Waals surface area contributed by atoms with Gasteiger partial charge in [-0.15, -0.1) is 0 Å². The third kappa shape index (κ3) is 2.95. The zero-order valence-corrected chi connectivity index (χ0v) is 7.95. The number of hydrogen-bond donors (Lipinski definition) is 2. The first-order chi connectivity index (χ1) is 6.09. The fourth-order valence-corrected chi connectivity index (χ4v) is 0.955. The zero-order valence-electron chi connectivity index (χ0n) is 7.95. The summed E-state index contributed by atoms with van der Waals surface area (Å²) in [7, 11) is 0. The highest BCUT2D eigenvalue weighted by Crippen LogP contribution is 2.18. The van der Waals surface area contributed by atoms with Crippen LogP contribution >= 0.6 is 0 Å². The number of aryl methyl sites for hydroxylation is 1. The maximum atomic E-state index is 8.99. The van der Waals surface area contributed by atoms with Crippen LogP contribution in [-0.4, -0.2) is 17.8 Å². The van der Waals surface area contributed by atoms with Crippen LogP contribution in [0.5, 0.6) is 5.75 Å². The molecular formula is C10H15NO2. The molecule has 0 heterocycles. The number of nitrogen functional groups attached to an aromatic ring is 1. The molecule has 3 heteroatoms. The Balaban J connectivity index is 2.63. The number of hydrogen-bond acceptors (Lipinski definition) is 3. The molecule has 3 N–H and O–H groups in total. The number of rotatable bonds is 3. The molecule has 0 aliphatic heterocycles. The van der Waals surface area contributed by atoms with Crippen molar-refractivity contribution in [2.45, 2.75) is 20.0 Å². The SMILES string of the molecule is Cc1cc(OCC(C)O)ccc1N. The Bertz CT molecular complexity index is 284. The normalized spacial score (nSPS) is 12.5.